The van der Waals surface area contributed by atoms with E-state index in [9.17, 15) is 9.59 Å². The number of hydrogen-bond acceptors (Lipinski definition) is 3. The minimum absolute atomic E-state index is 0.0682. The van der Waals surface area contributed by atoms with Crippen molar-refractivity contribution in [2.24, 2.45) is 0 Å². The van der Waals surface area contributed by atoms with Crippen LogP contribution in [0.1, 0.15) is 86.2 Å². The van der Waals surface area contributed by atoms with Crippen LogP contribution in [0, 0.1) is 0 Å². The number of carbonyl (C=O) groups is 2. The first kappa shape index (κ1) is 24.8. The number of carbonyl (C=O) groups excluding carboxylic acids is 2. The number of benzene rings is 2. The number of likely N-dealkylation sites (tertiary alicyclic amines) is 1. The second-order valence-corrected chi connectivity index (χ2v) is 13.2. The molecule has 0 N–H and O–H groups in total. The van der Waals surface area contributed by atoms with E-state index in [1.54, 1.807) is 0 Å². The van der Waals surface area contributed by atoms with Crippen molar-refractivity contribution in [2.45, 2.75) is 70.1 Å². The Morgan fingerprint density at radius 3 is 1.59 bits per heavy atom. The van der Waals surface area contributed by atoms with Crippen LogP contribution in [0.5, 0.6) is 0 Å². The molecule has 2 aliphatic heterocycles. The highest BCUT2D eigenvalue weighted by molar-refractivity contribution is 8.00. The highest BCUT2D eigenvalue weighted by Gasteiger charge is 2.47. The fraction of sp³-hybridized carbons (Fsp3) is 0.517. The van der Waals surface area contributed by atoms with Gasteiger partial charge in [0.05, 0.1) is 4.87 Å². The second kappa shape index (κ2) is 9.07. The first-order chi connectivity index (χ1) is 15.9. The molecule has 1 spiro atoms. The predicted octanol–water partition coefficient (Wildman–Crippen LogP) is 6.10. The molecule has 5 heteroatoms. The molecule has 2 aromatic rings. The first-order valence-corrected chi connectivity index (χ1v) is 13.4. The zero-order valence-corrected chi connectivity index (χ0v) is 22.3. The molecule has 0 aromatic heterocycles. The lowest BCUT2D eigenvalue weighted by Crippen LogP contribution is -2.53. The van der Waals surface area contributed by atoms with Gasteiger partial charge in [-0.15, -0.1) is 11.8 Å². The van der Waals surface area contributed by atoms with Crippen LogP contribution in [-0.2, 0) is 10.8 Å². The van der Waals surface area contributed by atoms with E-state index < -0.39 is 0 Å². The van der Waals surface area contributed by atoms with Crippen molar-refractivity contribution in [1.82, 2.24) is 9.80 Å². The maximum absolute atomic E-state index is 13.5. The molecule has 4 nitrogen and oxygen atoms in total. The smallest absolute Gasteiger partial charge is 0.254 e. The number of piperidine rings is 1. The molecule has 2 aliphatic rings. The molecule has 0 atom stereocenters. The van der Waals surface area contributed by atoms with Crippen LogP contribution in [0.15, 0.2) is 48.5 Å². The maximum Gasteiger partial charge on any atom is 0.254 e. The minimum Gasteiger partial charge on any atom is -0.338 e. The van der Waals surface area contributed by atoms with E-state index in [1.807, 2.05) is 40.9 Å². The molecule has 2 saturated heterocycles. The lowest BCUT2D eigenvalue weighted by atomic mass is 9.86. The van der Waals surface area contributed by atoms with Gasteiger partial charge in [0.15, 0.2) is 0 Å². The van der Waals surface area contributed by atoms with E-state index in [-0.39, 0.29) is 27.5 Å². The summed E-state index contributed by atoms with van der Waals surface area (Å²) < 4.78 is 0. The monoisotopic (exact) mass is 478 g/mol. The molecule has 0 bridgehead atoms. The van der Waals surface area contributed by atoms with Gasteiger partial charge in [0.2, 0.25) is 0 Å². The summed E-state index contributed by atoms with van der Waals surface area (Å²) >= 11 is 1.89. The number of rotatable bonds is 2. The fourth-order valence-corrected chi connectivity index (χ4v) is 6.39. The summed E-state index contributed by atoms with van der Waals surface area (Å²) in [5.74, 6) is 1.16. The van der Waals surface area contributed by atoms with E-state index in [0.717, 1.165) is 36.3 Å². The summed E-state index contributed by atoms with van der Waals surface area (Å²) in [4.78, 5) is 30.4. The normalized spacial score (nSPS) is 18.4. The Bertz CT molecular complexity index is 1040. The largest absolute Gasteiger partial charge is 0.338 e. The van der Waals surface area contributed by atoms with Crippen LogP contribution in [0.2, 0.25) is 0 Å². The van der Waals surface area contributed by atoms with Crippen LogP contribution < -0.4 is 0 Å². The van der Waals surface area contributed by atoms with Gasteiger partial charge in [-0.3, -0.25) is 9.59 Å². The molecule has 0 unspecified atom stereocenters. The van der Waals surface area contributed by atoms with Crippen molar-refractivity contribution < 1.29 is 9.59 Å². The van der Waals surface area contributed by atoms with E-state index in [1.165, 1.54) is 11.1 Å². The third-order valence-electron chi connectivity index (χ3n) is 7.25. The third kappa shape index (κ3) is 4.91. The van der Waals surface area contributed by atoms with Gasteiger partial charge in [-0.2, -0.15) is 0 Å². The van der Waals surface area contributed by atoms with Crippen molar-refractivity contribution >= 4 is 23.6 Å². The second-order valence-electron chi connectivity index (χ2n) is 11.7. The van der Waals surface area contributed by atoms with Gasteiger partial charge < -0.3 is 9.80 Å². The molecule has 4 rings (SSSR count). The van der Waals surface area contributed by atoms with Crippen LogP contribution in [0.3, 0.4) is 0 Å². The van der Waals surface area contributed by atoms with Gasteiger partial charge in [-0.25, -0.2) is 0 Å². The Balaban J connectivity index is 1.43. The number of amides is 2. The molecule has 2 heterocycles. The molecular weight excluding hydrogens is 440 g/mol. The highest BCUT2D eigenvalue weighted by atomic mass is 32.2. The molecule has 0 saturated carbocycles. The Hall–Kier alpha value is -2.27. The third-order valence-corrected chi connectivity index (χ3v) is 8.80. The highest BCUT2D eigenvalue weighted by Crippen LogP contribution is 2.44. The lowest BCUT2D eigenvalue weighted by molar-refractivity contribution is 0.0497. The quantitative estimate of drug-likeness (QED) is 0.523. The molecule has 0 aliphatic carbocycles. The number of hydrogen-bond donors (Lipinski definition) is 0. The zero-order chi connectivity index (χ0) is 24.7. The molecule has 2 fully saturated rings. The van der Waals surface area contributed by atoms with Gasteiger partial charge in [0.1, 0.15) is 0 Å². The standard InChI is InChI=1S/C29H38N2O2S/c1-27(2,3)23-11-7-21(8-12-23)25(32)30-17-15-29(16-18-30)31(19-20-34-29)26(33)22-9-13-24(14-10-22)28(4,5)6/h7-14H,15-20H2,1-6H3. The van der Waals surface area contributed by atoms with Crippen LogP contribution >= 0.6 is 11.8 Å². The Labute approximate surface area is 209 Å². The summed E-state index contributed by atoms with van der Waals surface area (Å²) in [5, 5.41) is 0. The molecule has 0 radical (unpaired) electrons. The van der Waals surface area contributed by atoms with Gasteiger partial charge in [0, 0.05) is 36.5 Å². The van der Waals surface area contributed by atoms with Gasteiger partial charge in [-0.1, -0.05) is 65.8 Å². The Morgan fingerprint density at radius 2 is 1.15 bits per heavy atom. The molecule has 34 heavy (non-hydrogen) atoms. The molecule has 2 aromatic carbocycles. The summed E-state index contributed by atoms with van der Waals surface area (Å²) in [6.45, 7) is 15.2. The predicted molar refractivity (Wildman–Crippen MR) is 142 cm³/mol. The molecule has 2 amide bonds. The van der Waals surface area contributed by atoms with Crippen molar-refractivity contribution in [2.75, 3.05) is 25.4 Å². The van der Waals surface area contributed by atoms with Gasteiger partial charge in [0.25, 0.3) is 11.8 Å². The summed E-state index contributed by atoms with van der Waals surface area (Å²) in [5.41, 5.74) is 4.11. The van der Waals surface area contributed by atoms with Gasteiger partial charge >= 0.3 is 0 Å². The van der Waals surface area contributed by atoms with Crippen molar-refractivity contribution in [3.05, 3.63) is 70.8 Å². The average Bonchev–Trinajstić information content (AvgIpc) is 3.20. The first-order valence-electron chi connectivity index (χ1n) is 12.4. The summed E-state index contributed by atoms with van der Waals surface area (Å²) in [6, 6.07) is 16.1. The zero-order valence-electron chi connectivity index (χ0n) is 21.5. The molecule has 182 valence electrons. The summed E-state index contributed by atoms with van der Waals surface area (Å²) in [7, 11) is 0. The van der Waals surface area contributed by atoms with E-state index >= 15 is 0 Å². The van der Waals surface area contributed by atoms with Crippen LogP contribution in [0.4, 0.5) is 0 Å². The topological polar surface area (TPSA) is 40.6 Å². The maximum atomic E-state index is 13.5. The lowest BCUT2D eigenvalue weighted by Gasteiger charge is -2.44. The Morgan fingerprint density at radius 1 is 0.706 bits per heavy atom. The minimum atomic E-state index is -0.202. The van der Waals surface area contributed by atoms with Crippen molar-refractivity contribution in [3.63, 3.8) is 0 Å². The van der Waals surface area contributed by atoms with E-state index in [0.29, 0.717) is 13.1 Å². The summed E-state index contributed by atoms with van der Waals surface area (Å²) in [6.07, 6.45) is 1.63. The van der Waals surface area contributed by atoms with Crippen LogP contribution in [-0.4, -0.2) is 51.9 Å². The van der Waals surface area contributed by atoms with E-state index in [2.05, 4.69) is 70.7 Å². The SMILES string of the molecule is CC(C)(C)c1ccc(C(=O)N2CCC3(CC2)SCCN3C(=O)c2ccc(C(C)(C)C)cc2)cc1. The number of thioether (sulfide) groups is 1. The van der Waals surface area contributed by atoms with E-state index in [4.69, 9.17) is 0 Å². The fourth-order valence-electron chi connectivity index (χ4n) is 4.93. The Kier molecular flexibility index (Phi) is 6.63. The van der Waals surface area contributed by atoms with Crippen molar-refractivity contribution in [1.29, 1.82) is 0 Å². The molecular formula is C29H38N2O2S. The van der Waals surface area contributed by atoms with Gasteiger partial charge in [-0.05, 0) is 59.1 Å². The average molecular weight is 479 g/mol. The number of nitrogens with zero attached hydrogens (tertiary/aromatic N) is 2. The van der Waals surface area contributed by atoms with Crippen LogP contribution in [0.25, 0.3) is 0 Å². The van der Waals surface area contributed by atoms with Crippen molar-refractivity contribution in [3.8, 4) is 0 Å².